The lowest BCUT2D eigenvalue weighted by Crippen LogP contribution is -2.28. The van der Waals surface area contributed by atoms with E-state index in [-0.39, 0.29) is 17.7 Å². The summed E-state index contributed by atoms with van der Waals surface area (Å²) in [7, 11) is 1.63. The highest BCUT2D eigenvalue weighted by Crippen LogP contribution is 2.34. The van der Waals surface area contributed by atoms with Crippen LogP contribution in [0.25, 0.3) is 11.4 Å². The fraction of sp³-hybridized carbons (Fsp3) is 0.200. The molecule has 1 aliphatic rings. The molecule has 5 rings (SSSR count). The van der Waals surface area contributed by atoms with E-state index in [0.29, 0.717) is 23.2 Å². The number of methoxy groups -OCH3 is 1. The van der Waals surface area contributed by atoms with Gasteiger partial charge in [-0.15, -0.1) is 10.2 Å². The Morgan fingerprint density at radius 2 is 1.91 bits per heavy atom. The third-order valence-corrected chi connectivity index (χ3v) is 6.79. The number of hydrogen-bond acceptors (Lipinski definition) is 8. The highest BCUT2D eigenvalue weighted by atomic mass is 32.2. The summed E-state index contributed by atoms with van der Waals surface area (Å²) in [5, 5.41) is 15.0. The summed E-state index contributed by atoms with van der Waals surface area (Å²) in [5.41, 5.74) is 3.60. The van der Waals surface area contributed by atoms with E-state index < -0.39 is 0 Å². The highest BCUT2D eigenvalue weighted by molar-refractivity contribution is 7.99. The van der Waals surface area contributed by atoms with Gasteiger partial charge in [-0.25, -0.2) is 9.69 Å². The van der Waals surface area contributed by atoms with Gasteiger partial charge in [-0.1, -0.05) is 54.2 Å². The second-order valence-electron chi connectivity index (χ2n) is 8.00. The zero-order valence-electron chi connectivity index (χ0n) is 19.3. The van der Waals surface area contributed by atoms with Crippen molar-refractivity contribution in [1.82, 2.24) is 19.9 Å². The van der Waals surface area contributed by atoms with Gasteiger partial charge in [0.1, 0.15) is 11.5 Å². The lowest BCUT2D eigenvalue weighted by Gasteiger charge is -2.22. The van der Waals surface area contributed by atoms with E-state index in [2.05, 4.69) is 10.2 Å². The predicted octanol–water partition coefficient (Wildman–Crippen LogP) is 4.04. The normalized spacial score (nSPS) is 15.3. The molecule has 0 radical (unpaired) electrons. The summed E-state index contributed by atoms with van der Waals surface area (Å²) in [5.74, 6) is 8.11. The van der Waals surface area contributed by atoms with Crippen LogP contribution in [0.5, 0.6) is 5.75 Å². The maximum absolute atomic E-state index is 13.4. The molecule has 0 bridgehead atoms. The van der Waals surface area contributed by atoms with Gasteiger partial charge in [-0.3, -0.25) is 4.79 Å². The van der Waals surface area contributed by atoms with Crippen molar-refractivity contribution in [3.63, 3.8) is 0 Å². The Morgan fingerprint density at radius 3 is 2.60 bits per heavy atom. The van der Waals surface area contributed by atoms with Gasteiger partial charge in [0.15, 0.2) is 5.82 Å². The average molecular weight is 489 g/mol. The molecular weight excluding hydrogens is 464 g/mol. The van der Waals surface area contributed by atoms with Crippen molar-refractivity contribution in [1.29, 1.82) is 0 Å². The van der Waals surface area contributed by atoms with Crippen molar-refractivity contribution >= 4 is 23.4 Å². The Labute approximate surface area is 206 Å². The number of nitrogen functional groups attached to an aromatic ring is 1. The number of nitrogens with zero attached hydrogens (tertiary/aromatic N) is 5. The first kappa shape index (κ1) is 22.7. The minimum atomic E-state index is -0.218. The van der Waals surface area contributed by atoms with Crippen molar-refractivity contribution in [2.75, 3.05) is 18.7 Å². The third-order valence-electron chi connectivity index (χ3n) is 5.86. The molecule has 0 saturated carbocycles. The van der Waals surface area contributed by atoms with Crippen LogP contribution in [0.15, 0.2) is 81.6 Å². The summed E-state index contributed by atoms with van der Waals surface area (Å²) in [6.45, 7) is 1.83. The Balaban J connectivity index is 1.37. The first-order valence-electron chi connectivity index (χ1n) is 11.0. The summed E-state index contributed by atoms with van der Waals surface area (Å²) < 4.78 is 12.0. The molecule has 0 fully saturated rings. The fourth-order valence-electron chi connectivity index (χ4n) is 4.00. The lowest BCUT2D eigenvalue weighted by molar-refractivity contribution is -0.130. The predicted molar refractivity (Wildman–Crippen MR) is 134 cm³/mol. The molecule has 0 saturated heterocycles. The molecule has 4 aromatic rings. The quantitative estimate of drug-likeness (QED) is 0.309. The van der Waals surface area contributed by atoms with Crippen LogP contribution in [0.4, 0.5) is 0 Å². The van der Waals surface area contributed by atoms with Crippen LogP contribution >= 0.6 is 11.8 Å². The van der Waals surface area contributed by atoms with Crippen LogP contribution in [0, 0.1) is 6.92 Å². The van der Waals surface area contributed by atoms with E-state index >= 15 is 0 Å². The Hall–Kier alpha value is -4.05. The Morgan fingerprint density at radius 1 is 1.14 bits per heavy atom. The Bertz CT molecular complexity index is 1360. The van der Waals surface area contributed by atoms with E-state index in [4.69, 9.17) is 20.1 Å². The van der Waals surface area contributed by atoms with E-state index in [1.54, 1.807) is 24.4 Å². The van der Waals surface area contributed by atoms with Crippen molar-refractivity contribution in [3.8, 4) is 17.1 Å². The molecule has 2 N–H and O–H groups in total. The first-order valence-corrected chi connectivity index (χ1v) is 12.0. The van der Waals surface area contributed by atoms with Crippen LogP contribution in [0.3, 0.4) is 0 Å². The van der Waals surface area contributed by atoms with Crippen molar-refractivity contribution in [2.45, 2.75) is 24.5 Å². The number of thioether (sulfide) groups is 1. The minimum absolute atomic E-state index is 0.109. The number of hydrazone groups is 1. The number of benzene rings is 2. The fourth-order valence-corrected chi connectivity index (χ4v) is 4.71. The number of hydrogen-bond donors (Lipinski definition) is 1. The molecule has 9 nitrogen and oxygen atoms in total. The number of amides is 1. The molecule has 0 spiro atoms. The number of rotatable bonds is 7. The molecule has 1 amide bonds. The monoisotopic (exact) mass is 488 g/mol. The molecule has 2 aromatic heterocycles. The molecule has 1 atom stereocenters. The van der Waals surface area contributed by atoms with Gasteiger partial charge in [0.05, 0.1) is 36.4 Å². The van der Waals surface area contributed by atoms with Gasteiger partial charge in [0.2, 0.25) is 5.16 Å². The summed E-state index contributed by atoms with van der Waals surface area (Å²) in [6.07, 6.45) is 2.19. The van der Waals surface area contributed by atoms with Gasteiger partial charge in [-0.2, -0.15) is 5.10 Å². The number of aryl methyl sites for hydroxylation is 1. The maximum atomic E-state index is 13.4. The Kier molecular flexibility index (Phi) is 6.28. The smallest absolute Gasteiger partial charge is 0.253 e. The van der Waals surface area contributed by atoms with Crippen LogP contribution in [0.2, 0.25) is 0 Å². The maximum Gasteiger partial charge on any atom is 0.253 e. The minimum Gasteiger partial charge on any atom is -0.497 e. The number of furan rings is 1. The van der Waals surface area contributed by atoms with Crippen LogP contribution < -0.4 is 10.6 Å². The van der Waals surface area contributed by atoms with Gasteiger partial charge in [0, 0.05) is 6.42 Å². The lowest BCUT2D eigenvalue weighted by atomic mass is 9.98. The number of nitrogens with two attached hydrogens (primary N) is 1. The molecule has 1 aliphatic heterocycles. The second kappa shape index (κ2) is 9.67. The van der Waals surface area contributed by atoms with E-state index in [0.717, 1.165) is 28.2 Å². The standard InChI is InChI=1S/C25H24N6O3S/c1-16-20(12-13-34-16)24-27-28-25(30(24)26)35-15-23(32)31-22(18-8-10-19(33-2)11-9-18)14-21(29-31)17-6-4-3-5-7-17/h3-13,22H,14-15,26H2,1-2H3. The molecule has 3 heterocycles. The molecule has 2 aromatic carbocycles. The third kappa shape index (κ3) is 4.52. The summed E-state index contributed by atoms with van der Waals surface area (Å²) in [6, 6.07) is 19.2. The molecule has 10 heteroatoms. The number of carbonyl (C=O) groups excluding carboxylic acids is 1. The number of carbonyl (C=O) groups is 1. The van der Waals surface area contributed by atoms with Gasteiger partial charge in [-0.05, 0) is 36.2 Å². The molecule has 0 aliphatic carbocycles. The van der Waals surface area contributed by atoms with Crippen molar-refractivity contribution in [2.24, 2.45) is 5.10 Å². The molecular formula is C25H24N6O3S. The second-order valence-corrected chi connectivity index (χ2v) is 8.94. The zero-order chi connectivity index (χ0) is 24.4. The van der Waals surface area contributed by atoms with Crippen LogP contribution in [0.1, 0.15) is 29.3 Å². The zero-order valence-corrected chi connectivity index (χ0v) is 20.1. The SMILES string of the molecule is COc1ccc(C2CC(c3ccccc3)=NN2C(=O)CSc2nnc(-c3ccoc3C)n2N)cc1. The first-order chi connectivity index (χ1) is 17.0. The molecule has 1 unspecified atom stereocenters. The highest BCUT2D eigenvalue weighted by Gasteiger charge is 2.33. The van der Waals surface area contributed by atoms with Gasteiger partial charge >= 0.3 is 0 Å². The molecule has 178 valence electrons. The summed E-state index contributed by atoms with van der Waals surface area (Å²) >= 11 is 1.22. The summed E-state index contributed by atoms with van der Waals surface area (Å²) in [4.78, 5) is 13.4. The average Bonchev–Trinajstić information content (AvgIpc) is 3.62. The molecule has 35 heavy (non-hydrogen) atoms. The van der Waals surface area contributed by atoms with Gasteiger partial charge in [0.25, 0.3) is 5.91 Å². The van der Waals surface area contributed by atoms with E-state index in [9.17, 15) is 4.79 Å². The van der Waals surface area contributed by atoms with Crippen molar-refractivity contribution in [3.05, 3.63) is 83.8 Å². The van der Waals surface area contributed by atoms with Crippen LogP contribution in [-0.4, -0.2) is 44.4 Å². The topological polar surface area (TPSA) is 112 Å². The van der Waals surface area contributed by atoms with Crippen LogP contribution in [-0.2, 0) is 4.79 Å². The van der Waals surface area contributed by atoms with E-state index in [1.165, 1.54) is 16.4 Å². The largest absolute Gasteiger partial charge is 0.497 e. The number of aromatic nitrogens is 3. The van der Waals surface area contributed by atoms with E-state index in [1.807, 2.05) is 61.5 Å². The number of ether oxygens (including phenoxy) is 1. The van der Waals surface area contributed by atoms with Gasteiger partial charge < -0.3 is 15.0 Å². The van der Waals surface area contributed by atoms with Crippen molar-refractivity contribution < 1.29 is 13.9 Å².